The van der Waals surface area contributed by atoms with Crippen LogP contribution >= 0.6 is 0 Å². The van der Waals surface area contributed by atoms with E-state index in [0.29, 0.717) is 19.3 Å². The number of esters is 3. The molecule has 0 aromatic carbocycles. The Labute approximate surface area is 380 Å². The maximum absolute atomic E-state index is 12.8. The highest BCUT2D eigenvalue weighted by atomic mass is 16.6. The van der Waals surface area contributed by atoms with Crippen LogP contribution in [-0.4, -0.2) is 37.2 Å². The number of carbonyl (C=O) groups excluding carboxylic acids is 3. The molecule has 0 spiro atoms. The molecule has 0 fully saturated rings. The number of carbonyl (C=O) groups is 3. The second kappa shape index (κ2) is 49.5. The second-order valence-electron chi connectivity index (χ2n) is 15.8. The zero-order chi connectivity index (χ0) is 45.1. The van der Waals surface area contributed by atoms with Gasteiger partial charge in [0, 0.05) is 19.3 Å². The molecule has 0 amide bonds. The van der Waals surface area contributed by atoms with Crippen LogP contribution in [0.2, 0.25) is 0 Å². The summed E-state index contributed by atoms with van der Waals surface area (Å²) in [5, 5.41) is 0. The molecule has 6 heteroatoms. The van der Waals surface area contributed by atoms with Gasteiger partial charge in [0.05, 0.1) is 0 Å². The van der Waals surface area contributed by atoms with Gasteiger partial charge >= 0.3 is 17.9 Å². The minimum Gasteiger partial charge on any atom is -0.462 e. The van der Waals surface area contributed by atoms with Crippen molar-refractivity contribution in [1.29, 1.82) is 0 Å². The van der Waals surface area contributed by atoms with Crippen molar-refractivity contribution in [2.75, 3.05) is 13.2 Å². The van der Waals surface area contributed by atoms with E-state index in [1.807, 2.05) is 72.9 Å². The lowest BCUT2D eigenvalue weighted by molar-refractivity contribution is -0.167. The van der Waals surface area contributed by atoms with Crippen LogP contribution in [0, 0.1) is 0 Å². The van der Waals surface area contributed by atoms with Crippen LogP contribution in [0.25, 0.3) is 0 Å². The molecule has 0 N–H and O–H groups in total. The summed E-state index contributed by atoms with van der Waals surface area (Å²) in [6.07, 6.45) is 67.5. The van der Waals surface area contributed by atoms with Crippen molar-refractivity contribution in [3.63, 3.8) is 0 Å². The molecule has 0 bridgehead atoms. The van der Waals surface area contributed by atoms with Gasteiger partial charge in [-0.25, -0.2) is 0 Å². The Morgan fingerprint density at radius 3 is 1.21 bits per heavy atom. The van der Waals surface area contributed by atoms with Gasteiger partial charge in [-0.1, -0.05) is 226 Å². The average Bonchev–Trinajstić information content (AvgIpc) is 3.27. The van der Waals surface area contributed by atoms with Crippen LogP contribution in [0.1, 0.15) is 194 Å². The molecular formula is C56H88O6. The Hall–Kier alpha value is -4.19. The molecule has 0 saturated heterocycles. The summed E-state index contributed by atoms with van der Waals surface area (Å²) in [6.45, 7) is 6.28. The molecule has 1 unspecified atom stereocenters. The van der Waals surface area contributed by atoms with Crippen LogP contribution in [0.3, 0.4) is 0 Å². The van der Waals surface area contributed by atoms with Crippen molar-refractivity contribution in [3.8, 4) is 0 Å². The van der Waals surface area contributed by atoms with E-state index in [-0.39, 0.29) is 31.1 Å². The quantitative estimate of drug-likeness (QED) is 0.0200. The molecule has 1 atom stereocenters. The molecule has 0 aliphatic carbocycles. The molecule has 6 nitrogen and oxygen atoms in total. The van der Waals surface area contributed by atoms with Gasteiger partial charge in [0.1, 0.15) is 13.2 Å². The van der Waals surface area contributed by atoms with Crippen LogP contribution < -0.4 is 0 Å². The predicted molar refractivity (Wildman–Crippen MR) is 265 cm³/mol. The monoisotopic (exact) mass is 857 g/mol. The first-order chi connectivity index (χ1) is 30.5. The Bertz CT molecular complexity index is 1350. The van der Waals surface area contributed by atoms with Crippen LogP contribution in [0.5, 0.6) is 0 Å². The lowest BCUT2D eigenvalue weighted by atomic mass is 10.0. The van der Waals surface area contributed by atoms with Gasteiger partial charge in [-0.15, -0.1) is 0 Å². The molecule has 348 valence electrons. The van der Waals surface area contributed by atoms with Gasteiger partial charge in [-0.05, 0) is 70.6 Å². The first-order valence-electron chi connectivity index (χ1n) is 24.6. The van der Waals surface area contributed by atoms with E-state index >= 15 is 0 Å². The first kappa shape index (κ1) is 57.8. The minimum absolute atomic E-state index is 0.115. The molecule has 0 aliphatic heterocycles. The summed E-state index contributed by atoms with van der Waals surface area (Å²) in [4.78, 5) is 37.9. The smallest absolute Gasteiger partial charge is 0.306 e. The van der Waals surface area contributed by atoms with Crippen molar-refractivity contribution >= 4 is 17.9 Å². The predicted octanol–water partition coefficient (Wildman–Crippen LogP) is 16.1. The molecule has 0 saturated carbocycles. The van der Waals surface area contributed by atoms with E-state index in [0.717, 1.165) is 89.9 Å². The fourth-order valence-corrected chi connectivity index (χ4v) is 6.26. The van der Waals surface area contributed by atoms with E-state index in [1.54, 1.807) is 0 Å². The molecule has 0 rings (SSSR count). The maximum atomic E-state index is 12.8. The fourth-order valence-electron chi connectivity index (χ4n) is 6.26. The highest BCUT2D eigenvalue weighted by Gasteiger charge is 2.19. The molecular weight excluding hydrogens is 769 g/mol. The Balaban J connectivity index is 4.54. The number of unbranched alkanes of at least 4 members (excludes halogenated alkanes) is 17. The maximum Gasteiger partial charge on any atom is 0.306 e. The number of allylic oxidation sites excluding steroid dienone is 20. The number of hydrogen-bond acceptors (Lipinski definition) is 6. The molecule has 62 heavy (non-hydrogen) atoms. The first-order valence-corrected chi connectivity index (χ1v) is 24.6. The highest BCUT2D eigenvalue weighted by molar-refractivity contribution is 5.71. The Morgan fingerprint density at radius 1 is 0.355 bits per heavy atom. The van der Waals surface area contributed by atoms with Gasteiger partial charge in [0.15, 0.2) is 6.10 Å². The van der Waals surface area contributed by atoms with Crippen molar-refractivity contribution in [2.24, 2.45) is 0 Å². The van der Waals surface area contributed by atoms with E-state index < -0.39 is 6.10 Å². The topological polar surface area (TPSA) is 78.9 Å². The van der Waals surface area contributed by atoms with E-state index in [2.05, 4.69) is 69.4 Å². The normalized spacial score (nSPS) is 13.1. The zero-order valence-electron chi connectivity index (χ0n) is 39.6. The Morgan fingerprint density at radius 2 is 0.710 bits per heavy atom. The Kier molecular flexibility index (Phi) is 46.1. The van der Waals surface area contributed by atoms with Crippen molar-refractivity contribution < 1.29 is 28.6 Å². The SMILES string of the molecule is CC\C=C/C=C\C=C/C=C\C=C\C=C/C=C\CCCCCC(=O)OCC(COC(=O)CCCC/C=C\C/C=C\C/C=C\CC)OC(=O)CCCCCCCCCCCCCCC. The minimum atomic E-state index is -0.813. The van der Waals surface area contributed by atoms with E-state index in [9.17, 15) is 14.4 Å². The molecule has 0 aromatic heterocycles. The third-order valence-electron chi connectivity index (χ3n) is 9.91. The van der Waals surface area contributed by atoms with Crippen LogP contribution in [-0.2, 0) is 28.6 Å². The molecule has 0 heterocycles. The van der Waals surface area contributed by atoms with Crippen molar-refractivity contribution in [3.05, 3.63) is 122 Å². The van der Waals surface area contributed by atoms with Crippen LogP contribution in [0.4, 0.5) is 0 Å². The number of hydrogen-bond donors (Lipinski definition) is 0. The van der Waals surface area contributed by atoms with Gasteiger partial charge < -0.3 is 14.2 Å². The summed E-state index contributed by atoms with van der Waals surface area (Å²) in [6, 6.07) is 0. The highest BCUT2D eigenvalue weighted by Crippen LogP contribution is 2.14. The number of rotatable bonds is 42. The largest absolute Gasteiger partial charge is 0.462 e. The lowest BCUT2D eigenvalue weighted by Gasteiger charge is -2.18. The lowest BCUT2D eigenvalue weighted by Crippen LogP contribution is -2.30. The van der Waals surface area contributed by atoms with Crippen molar-refractivity contribution in [1.82, 2.24) is 0 Å². The zero-order valence-corrected chi connectivity index (χ0v) is 39.6. The van der Waals surface area contributed by atoms with E-state index in [1.165, 1.54) is 64.2 Å². The standard InChI is InChI=1S/C56H88O6/c1-4-7-10-13-16-19-22-25-26-27-28-29-30-32-34-37-40-43-46-49-55(58)61-52-53(51-60-54(57)48-45-42-39-36-33-24-21-18-15-12-9-6-3)62-56(59)50-47-44-41-38-35-31-23-20-17-14-11-8-5-2/h7,9-10,12-13,16,18-19,21-22,25-30,32-34,36,53H,4-6,8,11,14-15,17,20,23-24,31,35,37-52H2,1-3H3/b10-7-,12-9-,16-13-,21-18-,22-19-,26-25-,28-27+,30-29-,34-32-,36-33-. The summed E-state index contributed by atoms with van der Waals surface area (Å²) in [5.74, 6) is -1.00. The summed E-state index contributed by atoms with van der Waals surface area (Å²) in [5.41, 5.74) is 0. The van der Waals surface area contributed by atoms with Crippen LogP contribution in [0.15, 0.2) is 122 Å². The van der Waals surface area contributed by atoms with Gasteiger partial charge in [-0.3, -0.25) is 14.4 Å². The van der Waals surface area contributed by atoms with Crippen molar-refractivity contribution in [2.45, 2.75) is 200 Å². The fraction of sp³-hybridized carbons (Fsp3) is 0.589. The second-order valence-corrected chi connectivity index (χ2v) is 15.8. The van der Waals surface area contributed by atoms with E-state index in [4.69, 9.17) is 14.2 Å². The third-order valence-corrected chi connectivity index (χ3v) is 9.91. The summed E-state index contributed by atoms with van der Waals surface area (Å²) < 4.78 is 16.7. The average molecular weight is 857 g/mol. The van der Waals surface area contributed by atoms with Gasteiger partial charge in [0.2, 0.25) is 0 Å². The van der Waals surface area contributed by atoms with Gasteiger partial charge in [-0.2, -0.15) is 0 Å². The molecule has 0 aliphatic rings. The molecule has 0 radical (unpaired) electrons. The number of ether oxygens (including phenoxy) is 3. The molecule has 0 aromatic rings. The summed E-state index contributed by atoms with van der Waals surface area (Å²) in [7, 11) is 0. The third kappa shape index (κ3) is 46.9. The summed E-state index contributed by atoms with van der Waals surface area (Å²) >= 11 is 0. The van der Waals surface area contributed by atoms with Gasteiger partial charge in [0.25, 0.3) is 0 Å².